The number of rotatable bonds is 2. The van der Waals surface area contributed by atoms with E-state index in [1.54, 1.807) is 24.1 Å². The summed E-state index contributed by atoms with van der Waals surface area (Å²) in [6.45, 7) is 0.508. The van der Waals surface area contributed by atoms with Gasteiger partial charge in [-0.2, -0.15) is 0 Å². The van der Waals surface area contributed by atoms with Gasteiger partial charge in [0.25, 0.3) is 5.56 Å². The number of hydrogen-bond donors (Lipinski definition) is 0. The molecule has 6 heteroatoms. The van der Waals surface area contributed by atoms with Crippen molar-refractivity contribution in [2.75, 3.05) is 13.7 Å². The number of aryl methyl sites for hydroxylation is 1. The van der Waals surface area contributed by atoms with Gasteiger partial charge in [-0.05, 0) is 30.5 Å². The zero-order valence-corrected chi connectivity index (χ0v) is 13.8. The van der Waals surface area contributed by atoms with Crippen LogP contribution in [0.15, 0.2) is 41.5 Å². The third-order valence-corrected chi connectivity index (χ3v) is 4.24. The highest BCUT2D eigenvalue weighted by Crippen LogP contribution is 2.23. The minimum absolute atomic E-state index is 0.0369. The summed E-state index contributed by atoms with van der Waals surface area (Å²) in [5.41, 5.74) is 2.24. The number of pyridine rings is 2. The van der Waals surface area contributed by atoms with Crippen LogP contribution in [0.5, 0.6) is 0 Å². The van der Waals surface area contributed by atoms with Crippen LogP contribution in [0.25, 0.3) is 11.0 Å². The Morgan fingerprint density at radius 2 is 2.24 bits per heavy atom. The SMILES string of the molecule is COCC1CCc2nc3cc(C#Cc4ccccn4)cnc3c(=O)n21. The van der Waals surface area contributed by atoms with Crippen LogP contribution in [0, 0.1) is 11.8 Å². The maximum atomic E-state index is 12.8. The van der Waals surface area contributed by atoms with Crippen molar-refractivity contribution in [1.82, 2.24) is 19.5 Å². The van der Waals surface area contributed by atoms with E-state index in [2.05, 4.69) is 26.8 Å². The Bertz CT molecular complexity index is 1050. The average molecular weight is 332 g/mol. The van der Waals surface area contributed by atoms with Crippen molar-refractivity contribution in [2.45, 2.75) is 18.9 Å². The van der Waals surface area contributed by atoms with Crippen molar-refractivity contribution in [2.24, 2.45) is 0 Å². The van der Waals surface area contributed by atoms with Gasteiger partial charge in [-0.25, -0.2) is 15.0 Å². The smallest absolute Gasteiger partial charge is 0.280 e. The van der Waals surface area contributed by atoms with Crippen molar-refractivity contribution in [3.05, 3.63) is 64.1 Å². The monoisotopic (exact) mass is 332 g/mol. The summed E-state index contributed by atoms with van der Waals surface area (Å²) in [7, 11) is 1.64. The molecular weight excluding hydrogens is 316 g/mol. The molecule has 0 radical (unpaired) electrons. The van der Waals surface area contributed by atoms with Gasteiger partial charge in [0.2, 0.25) is 0 Å². The quantitative estimate of drug-likeness (QED) is 0.668. The van der Waals surface area contributed by atoms with Gasteiger partial charge in [-0.1, -0.05) is 12.0 Å². The van der Waals surface area contributed by atoms with Gasteiger partial charge in [0.1, 0.15) is 11.5 Å². The highest BCUT2D eigenvalue weighted by molar-refractivity contribution is 5.74. The number of methoxy groups -OCH3 is 1. The summed E-state index contributed by atoms with van der Waals surface area (Å²) >= 11 is 0. The van der Waals surface area contributed by atoms with Gasteiger partial charge in [-0.3, -0.25) is 9.36 Å². The van der Waals surface area contributed by atoms with Crippen molar-refractivity contribution >= 4 is 11.0 Å². The predicted molar refractivity (Wildman–Crippen MR) is 93.2 cm³/mol. The molecule has 0 fully saturated rings. The van der Waals surface area contributed by atoms with Crippen LogP contribution < -0.4 is 5.56 Å². The lowest BCUT2D eigenvalue weighted by Gasteiger charge is -2.13. The molecule has 4 rings (SSSR count). The Kier molecular flexibility index (Phi) is 4.00. The van der Waals surface area contributed by atoms with Crippen LogP contribution in [0.3, 0.4) is 0 Å². The van der Waals surface area contributed by atoms with Gasteiger partial charge in [-0.15, -0.1) is 0 Å². The number of fused-ring (bicyclic) bond motifs is 2. The summed E-state index contributed by atoms with van der Waals surface area (Å²) in [4.78, 5) is 25.9. The number of aromatic nitrogens is 4. The average Bonchev–Trinajstić information content (AvgIpc) is 3.04. The fourth-order valence-corrected chi connectivity index (χ4v) is 3.10. The molecule has 1 aliphatic heterocycles. The first-order valence-electron chi connectivity index (χ1n) is 8.09. The third kappa shape index (κ3) is 2.90. The summed E-state index contributed by atoms with van der Waals surface area (Å²) in [6.07, 6.45) is 4.93. The molecule has 1 atom stereocenters. The molecule has 6 nitrogen and oxygen atoms in total. The van der Waals surface area contributed by atoms with Crippen LogP contribution in [-0.2, 0) is 11.2 Å². The lowest BCUT2D eigenvalue weighted by Crippen LogP contribution is -2.27. The Hall–Kier alpha value is -3.04. The molecule has 0 amide bonds. The zero-order valence-electron chi connectivity index (χ0n) is 13.8. The zero-order chi connectivity index (χ0) is 17.2. The van der Waals surface area contributed by atoms with E-state index in [9.17, 15) is 4.79 Å². The second-order valence-corrected chi connectivity index (χ2v) is 5.91. The summed E-state index contributed by atoms with van der Waals surface area (Å²) < 4.78 is 6.93. The largest absolute Gasteiger partial charge is 0.383 e. The first-order valence-corrected chi connectivity index (χ1v) is 8.09. The maximum Gasteiger partial charge on any atom is 0.280 e. The molecule has 1 aliphatic rings. The van der Waals surface area contributed by atoms with E-state index in [1.807, 2.05) is 24.3 Å². The summed E-state index contributed by atoms with van der Waals surface area (Å²) in [5.74, 6) is 6.80. The minimum Gasteiger partial charge on any atom is -0.383 e. The highest BCUT2D eigenvalue weighted by Gasteiger charge is 2.25. The van der Waals surface area contributed by atoms with Crippen LogP contribution in [0.4, 0.5) is 0 Å². The van der Waals surface area contributed by atoms with Gasteiger partial charge in [0.05, 0.1) is 18.2 Å². The van der Waals surface area contributed by atoms with Crippen LogP contribution in [-0.4, -0.2) is 33.2 Å². The minimum atomic E-state index is -0.108. The Morgan fingerprint density at radius 3 is 3.04 bits per heavy atom. The molecule has 4 heterocycles. The van der Waals surface area contributed by atoms with E-state index in [1.165, 1.54) is 0 Å². The summed E-state index contributed by atoms with van der Waals surface area (Å²) in [6, 6.07) is 7.42. The number of ether oxygens (including phenoxy) is 1. The molecule has 0 aliphatic carbocycles. The predicted octanol–water partition coefficient (Wildman–Crippen LogP) is 1.72. The molecule has 25 heavy (non-hydrogen) atoms. The number of nitrogens with zero attached hydrogens (tertiary/aromatic N) is 4. The Morgan fingerprint density at radius 1 is 1.32 bits per heavy atom. The molecule has 3 aromatic rings. The van der Waals surface area contributed by atoms with Gasteiger partial charge in [0, 0.05) is 31.5 Å². The first-order chi connectivity index (χ1) is 12.3. The normalized spacial score (nSPS) is 15.6. The van der Waals surface area contributed by atoms with E-state index in [-0.39, 0.29) is 11.6 Å². The third-order valence-electron chi connectivity index (χ3n) is 4.24. The molecule has 3 aromatic heterocycles. The van der Waals surface area contributed by atoms with E-state index in [0.717, 1.165) is 18.7 Å². The van der Waals surface area contributed by atoms with E-state index in [0.29, 0.717) is 28.9 Å². The molecule has 0 spiro atoms. The first kappa shape index (κ1) is 15.5. The molecule has 0 saturated heterocycles. The Labute approximate surface area is 144 Å². The lowest BCUT2D eigenvalue weighted by molar-refractivity contribution is 0.157. The van der Waals surface area contributed by atoms with Crippen molar-refractivity contribution in [3.63, 3.8) is 0 Å². The second-order valence-electron chi connectivity index (χ2n) is 5.91. The van der Waals surface area contributed by atoms with Crippen molar-refractivity contribution < 1.29 is 4.74 Å². The van der Waals surface area contributed by atoms with Gasteiger partial charge in [0.15, 0.2) is 5.52 Å². The van der Waals surface area contributed by atoms with Crippen LogP contribution in [0.1, 0.15) is 29.5 Å². The molecular formula is C19H16N4O2. The number of hydrogen-bond acceptors (Lipinski definition) is 5. The van der Waals surface area contributed by atoms with Gasteiger partial charge >= 0.3 is 0 Å². The van der Waals surface area contributed by atoms with E-state index >= 15 is 0 Å². The lowest BCUT2D eigenvalue weighted by atomic mass is 10.2. The molecule has 0 bridgehead atoms. The molecule has 124 valence electrons. The highest BCUT2D eigenvalue weighted by atomic mass is 16.5. The maximum absolute atomic E-state index is 12.8. The van der Waals surface area contributed by atoms with Crippen molar-refractivity contribution in [3.8, 4) is 11.8 Å². The Balaban J connectivity index is 1.76. The van der Waals surface area contributed by atoms with E-state index < -0.39 is 0 Å². The second kappa shape index (κ2) is 6.46. The van der Waals surface area contributed by atoms with Crippen LogP contribution in [0.2, 0.25) is 0 Å². The van der Waals surface area contributed by atoms with Crippen molar-refractivity contribution in [1.29, 1.82) is 0 Å². The topological polar surface area (TPSA) is 69.9 Å². The molecule has 1 unspecified atom stereocenters. The fraction of sp³-hybridized carbons (Fsp3) is 0.263. The standard InChI is InChI=1S/C19H16N4O2/c1-25-12-15-7-8-17-22-16-10-13(5-6-14-4-2-3-9-20-14)11-21-18(16)19(24)23(15)17/h2-4,9-11,15H,7-8,12H2,1H3. The molecule has 0 N–H and O–H groups in total. The molecule has 0 saturated carbocycles. The fourth-order valence-electron chi connectivity index (χ4n) is 3.10. The van der Waals surface area contributed by atoms with Gasteiger partial charge < -0.3 is 4.74 Å². The molecule has 0 aromatic carbocycles. The van der Waals surface area contributed by atoms with Crippen LogP contribution >= 0.6 is 0 Å². The summed E-state index contributed by atoms with van der Waals surface area (Å²) in [5, 5.41) is 0. The van der Waals surface area contributed by atoms with E-state index in [4.69, 9.17) is 4.74 Å².